The van der Waals surface area contributed by atoms with Crippen LogP contribution >= 0.6 is 11.8 Å². The van der Waals surface area contributed by atoms with Crippen molar-refractivity contribution in [3.05, 3.63) is 58.7 Å². The number of thioether (sulfide) groups is 1. The second-order valence-corrected chi connectivity index (χ2v) is 7.18. The van der Waals surface area contributed by atoms with Crippen molar-refractivity contribution in [2.24, 2.45) is 0 Å². The molecule has 1 aliphatic rings. The molecule has 126 valence electrons. The molecule has 2 aromatic rings. The van der Waals surface area contributed by atoms with Crippen LogP contribution in [0.25, 0.3) is 0 Å². The van der Waals surface area contributed by atoms with Gasteiger partial charge in [-0.3, -0.25) is 4.79 Å². The van der Waals surface area contributed by atoms with Gasteiger partial charge in [0.15, 0.2) is 0 Å². The van der Waals surface area contributed by atoms with Gasteiger partial charge in [-0.25, -0.2) is 0 Å². The Morgan fingerprint density at radius 1 is 1.17 bits per heavy atom. The van der Waals surface area contributed by atoms with Crippen molar-refractivity contribution in [3.8, 4) is 5.75 Å². The Bertz CT molecular complexity index is 742. The number of hydrogen-bond donors (Lipinski definition) is 1. The van der Waals surface area contributed by atoms with E-state index in [1.807, 2.05) is 18.2 Å². The van der Waals surface area contributed by atoms with Gasteiger partial charge in [-0.2, -0.15) is 0 Å². The molecule has 0 unspecified atom stereocenters. The Kier molecular flexibility index (Phi) is 5.46. The molecule has 1 aliphatic carbocycles. The topological polar surface area (TPSA) is 38.3 Å². The standard InChI is InChI=1S/C20H23NO2S/c1-14-6-9-19(23-2)17(10-14)12-24-13-20(22)21-18-8-7-15-4-3-5-16(15)11-18/h6-11H,3-5,12-13H2,1-2H3,(H,21,22). The van der Waals surface area contributed by atoms with Gasteiger partial charge in [-0.1, -0.05) is 23.8 Å². The van der Waals surface area contributed by atoms with E-state index in [0.717, 1.165) is 35.6 Å². The number of rotatable bonds is 6. The minimum atomic E-state index is 0.0459. The maximum atomic E-state index is 12.2. The van der Waals surface area contributed by atoms with Crippen LogP contribution in [-0.2, 0) is 23.4 Å². The average molecular weight is 341 g/mol. The van der Waals surface area contributed by atoms with Crippen LogP contribution in [0, 0.1) is 6.92 Å². The lowest BCUT2D eigenvalue weighted by atomic mass is 10.1. The molecule has 1 amide bonds. The Hall–Kier alpha value is -1.94. The van der Waals surface area contributed by atoms with Gasteiger partial charge in [-0.15, -0.1) is 11.8 Å². The van der Waals surface area contributed by atoms with Gasteiger partial charge >= 0.3 is 0 Å². The number of fused-ring (bicyclic) bond motifs is 1. The SMILES string of the molecule is COc1ccc(C)cc1CSCC(=O)Nc1ccc2c(c1)CCC2. The largest absolute Gasteiger partial charge is 0.496 e. The van der Waals surface area contributed by atoms with Crippen molar-refractivity contribution < 1.29 is 9.53 Å². The molecule has 2 aromatic carbocycles. The number of amides is 1. The number of anilines is 1. The smallest absolute Gasteiger partial charge is 0.234 e. The third kappa shape index (κ3) is 4.12. The van der Waals surface area contributed by atoms with Gasteiger partial charge < -0.3 is 10.1 Å². The second kappa shape index (κ2) is 7.75. The highest BCUT2D eigenvalue weighted by atomic mass is 32.2. The van der Waals surface area contributed by atoms with E-state index in [2.05, 4.69) is 30.4 Å². The van der Waals surface area contributed by atoms with Crippen molar-refractivity contribution in [3.63, 3.8) is 0 Å². The summed E-state index contributed by atoms with van der Waals surface area (Å²) in [5.74, 6) is 2.13. The van der Waals surface area contributed by atoms with E-state index in [1.54, 1.807) is 18.9 Å². The first-order valence-electron chi connectivity index (χ1n) is 8.28. The Morgan fingerprint density at radius 2 is 2.00 bits per heavy atom. The molecule has 4 heteroatoms. The fourth-order valence-corrected chi connectivity index (χ4v) is 3.93. The number of ether oxygens (including phenoxy) is 1. The van der Waals surface area contributed by atoms with E-state index in [0.29, 0.717) is 5.75 Å². The van der Waals surface area contributed by atoms with Crippen molar-refractivity contribution >= 4 is 23.4 Å². The first-order valence-corrected chi connectivity index (χ1v) is 9.44. The fourth-order valence-electron chi connectivity index (χ4n) is 3.12. The lowest BCUT2D eigenvalue weighted by molar-refractivity contribution is -0.113. The number of nitrogens with one attached hydrogen (secondary N) is 1. The summed E-state index contributed by atoms with van der Waals surface area (Å²) in [7, 11) is 1.68. The third-order valence-corrected chi connectivity index (χ3v) is 5.29. The lowest BCUT2D eigenvalue weighted by Gasteiger charge is -2.10. The summed E-state index contributed by atoms with van der Waals surface area (Å²) < 4.78 is 5.38. The van der Waals surface area contributed by atoms with Crippen molar-refractivity contribution in [1.29, 1.82) is 0 Å². The van der Waals surface area contributed by atoms with Gasteiger partial charge in [0, 0.05) is 17.0 Å². The quantitative estimate of drug-likeness (QED) is 0.848. The van der Waals surface area contributed by atoms with E-state index in [4.69, 9.17) is 4.74 Å². The summed E-state index contributed by atoms with van der Waals surface area (Å²) >= 11 is 1.61. The molecule has 3 nitrogen and oxygen atoms in total. The van der Waals surface area contributed by atoms with Gasteiger partial charge in [0.05, 0.1) is 12.9 Å². The van der Waals surface area contributed by atoms with Crippen molar-refractivity contribution in [1.82, 2.24) is 0 Å². The van der Waals surface area contributed by atoms with E-state index < -0.39 is 0 Å². The Balaban J connectivity index is 1.52. The van der Waals surface area contributed by atoms with E-state index >= 15 is 0 Å². The molecule has 0 fully saturated rings. The van der Waals surface area contributed by atoms with Gasteiger partial charge in [0.2, 0.25) is 5.91 Å². The van der Waals surface area contributed by atoms with Crippen molar-refractivity contribution in [2.75, 3.05) is 18.2 Å². The van der Waals surface area contributed by atoms with Gasteiger partial charge in [0.1, 0.15) is 5.75 Å². The molecular weight excluding hydrogens is 318 g/mol. The normalized spacial score (nSPS) is 12.8. The number of methoxy groups -OCH3 is 1. The molecule has 0 saturated heterocycles. The number of carbonyl (C=O) groups excluding carboxylic acids is 1. The fraction of sp³-hybridized carbons (Fsp3) is 0.350. The van der Waals surface area contributed by atoms with E-state index in [9.17, 15) is 4.79 Å². The highest BCUT2D eigenvalue weighted by Crippen LogP contribution is 2.26. The maximum Gasteiger partial charge on any atom is 0.234 e. The highest BCUT2D eigenvalue weighted by molar-refractivity contribution is 7.99. The van der Waals surface area contributed by atoms with Gasteiger partial charge in [0.25, 0.3) is 0 Å². The molecule has 0 heterocycles. The first-order chi connectivity index (χ1) is 11.7. The van der Waals surface area contributed by atoms with Crippen LogP contribution in [0.2, 0.25) is 0 Å². The van der Waals surface area contributed by atoms with Crippen LogP contribution in [0.5, 0.6) is 5.75 Å². The molecule has 0 aromatic heterocycles. The number of benzene rings is 2. The summed E-state index contributed by atoms with van der Waals surface area (Å²) in [6.07, 6.45) is 3.51. The predicted molar refractivity (Wildman–Crippen MR) is 101 cm³/mol. The monoisotopic (exact) mass is 341 g/mol. The molecule has 0 atom stereocenters. The molecule has 0 saturated carbocycles. The minimum absolute atomic E-state index is 0.0459. The lowest BCUT2D eigenvalue weighted by Crippen LogP contribution is -2.14. The number of carbonyl (C=O) groups is 1. The zero-order chi connectivity index (χ0) is 16.9. The summed E-state index contributed by atoms with van der Waals surface area (Å²) in [5.41, 5.74) is 6.05. The number of aryl methyl sites for hydroxylation is 3. The van der Waals surface area contributed by atoms with Crippen LogP contribution in [0.1, 0.15) is 28.7 Å². The summed E-state index contributed by atoms with van der Waals surface area (Å²) in [6.45, 7) is 2.06. The Morgan fingerprint density at radius 3 is 2.83 bits per heavy atom. The third-order valence-electron chi connectivity index (χ3n) is 4.31. The maximum absolute atomic E-state index is 12.2. The zero-order valence-electron chi connectivity index (χ0n) is 14.2. The molecule has 0 radical (unpaired) electrons. The number of hydrogen-bond acceptors (Lipinski definition) is 3. The Labute approximate surface area is 147 Å². The molecule has 0 aliphatic heterocycles. The van der Waals surface area contributed by atoms with E-state index in [1.165, 1.54) is 23.1 Å². The minimum Gasteiger partial charge on any atom is -0.496 e. The predicted octanol–water partition coefficient (Wildman–Crippen LogP) is 4.36. The van der Waals surface area contributed by atoms with Crippen molar-refractivity contribution in [2.45, 2.75) is 31.9 Å². The van der Waals surface area contributed by atoms with Gasteiger partial charge in [-0.05, 0) is 55.5 Å². The summed E-state index contributed by atoms with van der Waals surface area (Å²) in [6, 6.07) is 12.4. The van der Waals surface area contributed by atoms with Crippen LogP contribution in [-0.4, -0.2) is 18.8 Å². The average Bonchev–Trinajstić information content (AvgIpc) is 3.03. The molecular formula is C20H23NO2S. The van der Waals surface area contributed by atoms with E-state index in [-0.39, 0.29) is 5.91 Å². The molecule has 24 heavy (non-hydrogen) atoms. The molecule has 0 bridgehead atoms. The summed E-state index contributed by atoms with van der Waals surface area (Å²) in [5, 5.41) is 3.01. The first kappa shape index (κ1) is 16.9. The highest BCUT2D eigenvalue weighted by Gasteiger charge is 2.12. The second-order valence-electron chi connectivity index (χ2n) is 6.19. The van der Waals surface area contributed by atoms with Crippen LogP contribution in [0.15, 0.2) is 36.4 Å². The van der Waals surface area contributed by atoms with Crippen LogP contribution < -0.4 is 10.1 Å². The molecule has 0 spiro atoms. The van der Waals surface area contributed by atoms with Crippen LogP contribution in [0.3, 0.4) is 0 Å². The summed E-state index contributed by atoms with van der Waals surface area (Å²) in [4.78, 5) is 12.2. The zero-order valence-corrected chi connectivity index (χ0v) is 15.0. The molecule has 3 rings (SSSR count). The van der Waals surface area contributed by atoms with Crippen LogP contribution in [0.4, 0.5) is 5.69 Å². The molecule has 1 N–H and O–H groups in total.